The Hall–Kier alpha value is -1.72. The number of hydrogen-bond acceptors (Lipinski definition) is 4. The van der Waals surface area contributed by atoms with Crippen molar-refractivity contribution in [2.24, 2.45) is 15.0 Å². The number of nitrogens with zero attached hydrogens (tertiary/aromatic N) is 3. The Morgan fingerprint density at radius 1 is 1.67 bits per heavy atom. The summed E-state index contributed by atoms with van der Waals surface area (Å²) in [5, 5.41) is 5.41. The van der Waals surface area contributed by atoms with Gasteiger partial charge in [0.05, 0.1) is 0 Å². The largest absolute Gasteiger partial charge is 0.329 e. The Balaban J connectivity index is 2.28. The molecule has 0 radical (unpaired) electrons. The molecule has 0 aromatic carbocycles. The van der Waals surface area contributed by atoms with E-state index in [9.17, 15) is 4.79 Å². The Morgan fingerprint density at radius 2 is 2.50 bits per heavy atom. The molecule has 1 fully saturated rings. The van der Waals surface area contributed by atoms with Gasteiger partial charge in [0.25, 0.3) is 5.91 Å². The molecule has 1 atom stereocenters. The van der Waals surface area contributed by atoms with Gasteiger partial charge in [0.1, 0.15) is 6.34 Å². The van der Waals surface area contributed by atoms with Crippen molar-refractivity contribution in [2.75, 3.05) is 7.05 Å². The van der Waals surface area contributed by atoms with E-state index in [0.29, 0.717) is 11.7 Å². The maximum Gasteiger partial charge on any atom is 0.276 e. The number of hydrogen-bond donors (Lipinski definition) is 2. The number of carbonyl (C=O) groups excluding carboxylic acids is 1. The maximum atomic E-state index is 11.2. The van der Waals surface area contributed by atoms with Crippen LogP contribution in [0.3, 0.4) is 0 Å². The lowest BCUT2D eigenvalue weighted by atomic mass is 10.2. The lowest BCUT2D eigenvalue weighted by molar-refractivity contribution is -0.114. The molecule has 2 rings (SSSR count). The highest BCUT2D eigenvalue weighted by Gasteiger charge is 2.31. The van der Waals surface area contributed by atoms with Crippen LogP contribution in [0.2, 0.25) is 0 Å². The van der Waals surface area contributed by atoms with Crippen LogP contribution in [0, 0.1) is 0 Å². The summed E-state index contributed by atoms with van der Waals surface area (Å²) in [5.74, 6) is 0.194. The van der Waals surface area contributed by atoms with Crippen LogP contribution >= 0.6 is 0 Å². The van der Waals surface area contributed by atoms with Crippen molar-refractivity contribution >= 4 is 23.9 Å². The number of fused-ring (bicyclic) bond motifs is 1. The number of carbonyl (C=O) groups is 1. The molecule has 1 unspecified atom stereocenters. The second-order valence-corrected chi connectivity index (χ2v) is 2.35. The van der Waals surface area contributed by atoms with E-state index in [1.807, 2.05) is 0 Å². The number of rotatable bonds is 0. The SMILES string of the molecule is CN=C1NC(=O)C2=NC=NC2N1. The van der Waals surface area contributed by atoms with Gasteiger partial charge in [-0.3, -0.25) is 15.1 Å². The van der Waals surface area contributed by atoms with Gasteiger partial charge in [0.15, 0.2) is 17.8 Å². The van der Waals surface area contributed by atoms with Crippen LogP contribution in [-0.2, 0) is 4.79 Å². The molecule has 1 amide bonds. The molecule has 0 aromatic rings. The van der Waals surface area contributed by atoms with Crippen LogP contribution in [0.25, 0.3) is 0 Å². The third kappa shape index (κ3) is 0.884. The zero-order valence-electron chi connectivity index (χ0n) is 6.40. The highest BCUT2D eigenvalue weighted by atomic mass is 16.2. The van der Waals surface area contributed by atoms with Gasteiger partial charge in [-0.25, -0.2) is 9.98 Å². The summed E-state index contributed by atoms with van der Waals surface area (Å²) in [7, 11) is 1.59. The highest BCUT2D eigenvalue weighted by molar-refractivity contribution is 6.46. The molecule has 2 heterocycles. The fourth-order valence-corrected chi connectivity index (χ4v) is 1.05. The molecular weight excluding hydrogens is 158 g/mol. The van der Waals surface area contributed by atoms with E-state index in [1.165, 1.54) is 6.34 Å². The zero-order valence-corrected chi connectivity index (χ0v) is 6.40. The fraction of sp³-hybridized carbons (Fsp3) is 0.333. The molecule has 0 aromatic heterocycles. The topological polar surface area (TPSA) is 78.2 Å². The smallest absolute Gasteiger partial charge is 0.276 e. The van der Waals surface area contributed by atoms with Crippen molar-refractivity contribution < 1.29 is 4.79 Å². The van der Waals surface area contributed by atoms with Gasteiger partial charge in [0, 0.05) is 7.05 Å². The molecule has 0 spiro atoms. The van der Waals surface area contributed by atoms with Crippen LogP contribution in [0.15, 0.2) is 15.0 Å². The van der Waals surface area contributed by atoms with E-state index in [2.05, 4.69) is 25.6 Å². The molecule has 2 N–H and O–H groups in total. The molecule has 62 valence electrons. The molecule has 2 aliphatic heterocycles. The van der Waals surface area contributed by atoms with Crippen LogP contribution in [-0.4, -0.2) is 37.1 Å². The summed E-state index contributed by atoms with van der Waals surface area (Å²) < 4.78 is 0. The Kier molecular flexibility index (Phi) is 1.39. The molecule has 1 saturated heterocycles. The van der Waals surface area contributed by atoms with Crippen molar-refractivity contribution in [1.82, 2.24) is 10.6 Å². The van der Waals surface area contributed by atoms with Gasteiger partial charge in [0.2, 0.25) is 0 Å². The summed E-state index contributed by atoms with van der Waals surface area (Å²) >= 11 is 0. The summed E-state index contributed by atoms with van der Waals surface area (Å²) in [5.41, 5.74) is 0.391. The van der Waals surface area contributed by atoms with Crippen LogP contribution in [0.5, 0.6) is 0 Å². The van der Waals surface area contributed by atoms with E-state index in [0.717, 1.165) is 0 Å². The predicted molar refractivity (Wildman–Crippen MR) is 44.4 cm³/mol. The van der Waals surface area contributed by atoms with Crippen molar-refractivity contribution in [3.63, 3.8) is 0 Å². The van der Waals surface area contributed by atoms with E-state index in [1.54, 1.807) is 7.05 Å². The monoisotopic (exact) mass is 165 g/mol. The third-order valence-corrected chi connectivity index (χ3v) is 1.63. The molecule has 12 heavy (non-hydrogen) atoms. The average Bonchev–Trinajstić information content (AvgIpc) is 2.52. The minimum absolute atomic E-state index is 0.239. The first-order valence-corrected chi connectivity index (χ1v) is 3.45. The fourth-order valence-electron chi connectivity index (χ4n) is 1.05. The predicted octanol–water partition coefficient (Wildman–Crippen LogP) is -1.50. The Bertz CT molecular complexity index is 316. The number of aliphatic imine (C=N–C) groups is 3. The summed E-state index contributed by atoms with van der Waals surface area (Å²) in [4.78, 5) is 22.7. The van der Waals surface area contributed by atoms with Crippen LogP contribution in [0.1, 0.15) is 0 Å². The van der Waals surface area contributed by atoms with E-state index in [-0.39, 0.29) is 12.1 Å². The lowest BCUT2D eigenvalue weighted by Crippen LogP contribution is -2.57. The minimum atomic E-state index is -0.350. The molecule has 0 bridgehead atoms. The molecule has 2 aliphatic rings. The highest BCUT2D eigenvalue weighted by Crippen LogP contribution is 2.02. The lowest BCUT2D eigenvalue weighted by Gasteiger charge is -2.21. The van der Waals surface area contributed by atoms with Crippen molar-refractivity contribution in [1.29, 1.82) is 0 Å². The van der Waals surface area contributed by atoms with Crippen molar-refractivity contribution in [3.05, 3.63) is 0 Å². The first-order valence-electron chi connectivity index (χ1n) is 3.45. The van der Waals surface area contributed by atoms with Crippen LogP contribution < -0.4 is 10.6 Å². The van der Waals surface area contributed by atoms with E-state index in [4.69, 9.17) is 0 Å². The Morgan fingerprint density at radius 3 is 3.25 bits per heavy atom. The van der Waals surface area contributed by atoms with Gasteiger partial charge in [-0.15, -0.1) is 0 Å². The minimum Gasteiger partial charge on any atom is -0.329 e. The van der Waals surface area contributed by atoms with Gasteiger partial charge in [-0.05, 0) is 0 Å². The molecule has 0 aliphatic carbocycles. The van der Waals surface area contributed by atoms with E-state index < -0.39 is 0 Å². The average molecular weight is 165 g/mol. The number of nitrogens with one attached hydrogen (secondary N) is 2. The zero-order chi connectivity index (χ0) is 8.55. The van der Waals surface area contributed by atoms with Crippen molar-refractivity contribution in [2.45, 2.75) is 6.17 Å². The van der Waals surface area contributed by atoms with Crippen molar-refractivity contribution in [3.8, 4) is 0 Å². The second kappa shape index (κ2) is 2.40. The van der Waals surface area contributed by atoms with Crippen LogP contribution in [0.4, 0.5) is 0 Å². The van der Waals surface area contributed by atoms with Gasteiger partial charge < -0.3 is 5.32 Å². The van der Waals surface area contributed by atoms with Gasteiger partial charge in [-0.1, -0.05) is 0 Å². The quantitative estimate of drug-likeness (QED) is 0.458. The summed E-state index contributed by atoms with van der Waals surface area (Å²) in [6.45, 7) is 0. The molecule has 6 nitrogen and oxygen atoms in total. The molecule has 6 heteroatoms. The standard InChI is InChI=1S/C6H7N5O/c1-7-6-10-4-3(5(12)11-6)8-2-9-4/h2,4H,1H3,(H2,7,10,11,12). The summed E-state index contributed by atoms with van der Waals surface area (Å²) in [6.07, 6.45) is 1.02. The number of guanidine groups is 1. The second-order valence-electron chi connectivity index (χ2n) is 2.35. The maximum absolute atomic E-state index is 11.2. The Labute approximate surface area is 68.5 Å². The first-order chi connectivity index (χ1) is 5.81. The number of amides is 1. The van der Waals surface area contributed by atoms with Gasteiger partial charge in [-0.2, -0.15) is 0 Å². The summed E-state index contributed by atoms with van der Waals surface area (Å²) in [6, 6.07) is 0. The third-order valence-electron chi connectivity index (χ3n) is 1.63. The molecular formula is C6H7N5O. The molecule has 0 saturated carbocycles. The van der Waals surface area contributed by atoms with E-state index >= 15 is 0 Å². The van der Waals surface area contributed by atoms with Gasteiger partial charge >= 0.3 is 0 Å². The first kappa shape index (κ1) is 6.96. The normalized spacial score (nSPS) is 29.4.